The van der Waals surface area contributed by atoms with Crippen molar-refractivity contribution < 1.29 is 9.90 Å². The molecule has 2 nitrogen and oxygen atoms in total. The van der Waals surface area contributed by atoms with Crippen molar-refractivity contribution in [2.75, 3.05) is 0 Å². The summed E-state index contributed by atoms with van der Waals surface area (Å²) in [5.74, 6) is -0.822. The van der Waals surface area contributed by atoms with E-state index in [9.17, 15) is 4.79 Å². The fourth-order valence-corrected chi connectivity index (χ4v) is 3.18. The summed E-state index contributed by atoms with van der Waals surface area (Å²) >= 11 is 7.28. The second-order valence-electron chi connectivity index (χ2n) is 3.88. The number of carbonyl (C=O) groups is 1. The maximum Gasteiger partial charge on any atom is 0.307 e. The van der Waals surface area contributed by atoms with E-state index in [1.54, 1.807) is 11.8 Å². The predicted molar refractivity (Wildman–Crippen MR) is 88.8 cm³/mol. The number of hydrogen-bond donors (Lipinski definition) is 1. The summed E-state index contributed by atoms with van der Waals surface area (Å²) in [5.41, 5.74) is 0.794. The molecule has 5 heteroatoms. The Kier molecular flexibility index (Phi) is 5.29. The van der Waals surface area contributed by atoms with Gasteiger partial charge < -0.3 is 5.11 Å². The van der Waals surface area contributed by atoms with Crippen molar-refractivity contribution in [3.63, 3.8) is 0 Å². The molecule has 0 unspecified atom stereocenters. The number of carboxylic acid groups (broad SMARTS) is 1. The highest BCUT2D eigenvalue weighted by molar-refractivity contribution is 14.1. The predicted octanol–water partition coefficient (Wildman–Crippen LogP) is 4.83. The molecule has 0 aliphatic heterocycles. The number of carboxylic acids is 1. The number of halogens is 2. The first-order valence-corrected chi connectivity index (χ1v) is 8.17. The number of rotatable bonds is 4. The van der Waals surface area contributed by atoms with Gasteiger partial charge in [-0.25, -0.2) is 0 Å². The zero-order valence-electron chi connectivity index (χ0n) is 9.77. The topological polar surface area (TPSA) is 37.3 Å². The third kappa shape index (κ3) is 4.50. The highest BCUT2D eigenvalue weighted by Gasteiger charge is 2.07. The molecule has 2 aromatic carbocycles. The Morgan fingerprint density at radius 3 is 2.42 bits per heavy atom. The molecule has 2 rings (SSSR count). The summed E-state index contributed by atoms with van der Waals surface area (Å²) in [6, 6.07) is 14.0. The van der Waals surface area contributed by atoms with Crippen LogP contribution in [0.4, 0.5) is 0 Å². The maximum atomic E-state index is 10.8. The first-order chi connectivity index (χ1) is 9.04. The summed E-state index contributed by atoms with van der Waals surface area (Å²) in [5, 5.41) is 8.87. The molecule has 98 valence electrons. The van der Waals surface area contributed by atoms with Gasteiger partial charge in [0.2, 0.25) is 0 Å². The summed E-state index contributed by atoms with van der Waals surface area (Å²) < 4.78 is 2.03. The summed E-state index contributed by atoms with van der Waals surface area (Å²) in [4.78, 5) is 13.0. The zero-order valence-corrected chi connectivity index (χ0v) is 14.3. The third-order valence-corrected chi connectivity index (χ3v) is 4.90. The van der Waals surface area contributed by atoms with E-state index in [0.717, 1.165) is 19.8 Å². The molecule has 0 aromatic heterocycles. The van der Waals surface area contributed by atoms with Gasteiger partial charge in [0.15, 0.2) is 0 Å². The highest BCUT2D eigenvalue weighted by Crippen LogP contribution is 2.31. The van der Waals surface area contributed by atoms with Crippen LogP contribution < -0.4 is 0 Å². The number of aliphatic carboxylic acids is 1. The number of hydrogen-bond acceptors (Lipinski definition) is 2. The largest absolute Gasteiger partial charge is 0.481 e. The zero-order chi connectivity index (χ0) is 13.8. The first-order valence-electron chi connectivity index (χ1n) is 5.48. The molecule has 0 fully saturated rings. The van der Waals surface area contributed by atoms with Gasteiger partial charge in [0.05, 0.1) is 6.42 Å². The number of benzene rings is 2. The molecular weight excluding hydrogens is 439 g/mol. The lowest BCUT2D eigenvalue weighted by atomic mass is 10.1. The molecular formula is C14H10BrIO2S. The molecule has 1 N–H and O–H groups in total. The first kappa shape index (κ1) is 14.9. The molecule has 0 aliphatic rings. The molecule has 0 bridgehead atoms. The monoisotopic (exact) mass is 448 g/mol. The molecule has 0 spiro atoms. The van der Waals surface area contributed by atoms with Crippen LogP contribution in [0.3, 0.4) is 0 Å². The van der Waals surface area contributed by atoms with Crippen LogP contribution in [0.25, 0.3) is 0 Å². The van der Waals surface area contributed by atoms with Crippen molar-refractivity contribution in [2.24, 2.45) is 0 Å². The Morgan fingerprint density at radius 2 is 1.79 bits per heavy atom. The molecule has 0 aliphatic carbocycles. The maximum absolute atomic E-state index is 10.8. The molecule has 0 saturated carbocycles. The molecule has 19 heavy (non-hydrogen) atoms. The van der Waals surface area contributed by atoms with Gasteiger partial charge >= 0.3 is 5.97 Å². The Morgan fingerprint density at radius 1 is 1.16 bits per heavy atom. The van der Waals surface area contributed by atoms with Gasteiger partial charge in [0.1, 0.15) is 0 Å². The summed E-state index contributed by atoms with van der Waals surface area (Å²) in [6.07, 6.45) is 0.0294. The Hall–Kier alpha value is -0.530. The van der Waals surface area contributed by atoms with Crippen molar-refractivity contribution in [3.05, 3.63) is 56.1 Å². The smallest absolute Gasteiger partial charge is 0.307 e. The van der Waals surface area contributed by atoms with Gasteiger partial charge in [-0.2, -0.15) is 0 Å². The lowest BCUT2D eigenvalue weighted by Crippen LogP contribution is -2.00. The van der Waals surface area contributed by atoms with Crippen LogP contribution in [0.15, 0.2) is 56.7 Å². The van der Waals surface area contributed by atoms with Crippen LogP contribution in [-0.2, 0) is 11.2 Å². The Bertz CT molecular complexity index is 599. The minimum absolute atomic E-state index is 0.0294. The van der Waals surface area contributed by atoms with E-state index in [0.29, 0.717) is 0 Å². The molecule has 0 heterocycles. The minimum Gasteiger partial charge on any atom is -0.481 e. The molecule has 0 amide bonds. The third-order valence-electron chi connectivity index (χ3n) is 2.41. The van der Waals surface area contributed by atoms with Crippen molar-refractivity contribution in [1.82, 2.24) is 0 Å². The average molecular weight is 449 g/mol. The van der Waals surface area contributed by atoms with E-state index in [4.69, 9.17) is 5.11 Å². The van der Waals surface area contributed by atoms with Crippen LogP contribution in [0.5, 0.6) is 0 Å². The van der Waals surface area contributed by atoms with E-state index in [2.05, 4.69) is 62.8 Å². The molecule has 0 radical (unpaired) electrons. The Labute approximate surface area is 137 Å². The quantitative estimate of drug-likeness (QED) is 0.680. The van der Waals surface area contributed by atoms with Gasteiger partial charge in [-0.3, -0.25) is 4.79 Å². The van der Waals surface area contributed by atoms with Gasteiger partial charge in [0, 0.05) is 17.8 Å². The normalized spacial score (nSPS) is 10.4. The van der Waals surface area contributed by atoms with E-state index in [1.165, 1.54) is 3.57 Å². The van der Waals surface area contributed by atoms with E-state index in [-0.39, 0.29) is 6.42 Å². The van der Waals surface area contributed by atoms with E-state index < -0.39 is 5.97 Å². The molecule has 0 saturated heterocycles. The van der Waals surface area contributed by atoms with Crippen molar-refractivity contribution in [2.45, 2.75) is 16.2 Å². The fourth-order valence-electron chi connectivity index (χ4n) is 1.55. The highest BCUT2D eigenvalue weighted by atomic mass is 127. The van der Waals surface area contributed by atoms with Crippen molar-refractivity contribution in [1.29, 1.82) is 0 Å². The summed E-state index contributed by atoms with van der Waals surface area (Å²) in [7, 11) is 0. The van der Waals surface area contributed by atoms with Gasteiger partial charge in [0.25, 0.3) is 0 Å². The van der Waals surface area contributed by atoms with Crippen LogP contribution in [0.1, 0.15) is 5.56 Å². The van der Waals surface area contributed by atoms with Crippen LogP contribution >= 0.6 is 50.3 Å². The second-order valence-corrected chi connectivity index (χ2v) is 7.13. The van der Waals surface area contributed by atoms with Crippen LogP contribution in [-0.4, -0.2) is 11.1 Å². The van der Waals surface area contributed by atoms with Crippen molar-refractivity contribution in [3.8, 4) is 0 Å². The van der Waals surface area contributed by atoms with Gasteiger partial charge in [-0.15, -0.1) is 0 Å². The lowest BCUT2D eigenvalue weighted by molar-refractivity contribution is -0.136. The Balaban J connectivity index is 2.21. The van der Waals surface area contributed by atoms with E-state index >= 15 is 0 Å². The minimum atomic E-state index is -0.822. The summed E-state index contributed by atoms with van der Waals surface area (Å²) in [6.45, 7) is 0. The fraction of sp³-hybridized carbons (Fsp3) is 0.0714. The second kappa shape index (κ2) is 6.76. The van der Waals surface area contributed by atoms with Crippen molar-refractivity contribution >= 4 is 56.3 Å². The SMILES string of the molecule is O=C(O)Cc1cc(Sc2ccc(I)cc2)ccc1Br. The van der Waals surface area contributed by atoms with Crippen LogP contribution in [0.2, 0.25) is 0 Å². The van der Waals surface area contributed by atoms with Crippen LogP contribution in [0, 0.1) is 3.57 Å². The molecule has 2 aromatic rings. The standard InChI is InChI=1S/C14H10BrIO2S/c15-13-6-5-12(7-9(13)8-14(17)18)19-11-3-1-10(16)2-4-11/h1-7H,8H2,(H,17,18). The van der Waals surface area contributed by atoms with Gasteiger partial charge in [-0.05, 0) is 70.6 Å². The van der Waals surface area contributed by atoms with Gasteiger partial charge in [-0.1, -0.05) is 27.7 Å². The van der Waals surface area contributed by atoms with E-state index in [1.807, 2.05) is 18.2 Å². The lowest BCUT2D eigenvalue weighted by Gasteiger charge is -2.06. The average Bonchev–Trinajstić information content (AvgIpc) is 2.36. The molecule has 0 atom stereocenters.